The highest BCUT2D eigenvalue weighted by Crippen LogP contribution is 2.12. The third-order valence-electron chi connectivity index (χ3n) is 3.50. The molecule has 4 nitrogen and oxygen atoms in total. The summed E-state index contributed by atoms with van der Waals surface area (Å²) in [5.74, 6) is 0.859. The molecule has 1 N–H and O–H groups in total. The molecule has 5 heteroatoms. The van der Waals surface area contributed by atoms with Gasteiger partial charge >= 0.3 is 0 Å². The number of rotatable bonds is 5. The average molecular weight is 331 g/mol. The molecule has 2 aromatic rings. The van der Waals surface area contributed by atoms with Crippen LogP contribution in [0.25, 0.3) is 0 Å². The highest BCUT2D eigenvalue weighted by atomic mass is 35.5. The lowest BCUT2D eigenvalue weighted by molar-refractivity contribution is 0.476. The standard InChI is InChI=1S/C18H23ClN4/c1-4-20-18(22-12-17-14(2)7-6-10-21-17)23(3)13-15-8-5-9-16(19)11-15/h5-11H,4,12-13H2,1-3H3,(H,20,22). The second-order valence-electron chi connectivity index (χ2n) is 5.42. The fraction of sp³-hybridized carbons (Fsp3) is 0.333. The fourth-order valence-corrected chi connectivity index (χ4v) is 2.50. The van der Waals surface area contributed by atoms with E-state index < -0.39 is 0 Å². The summed E-state index contributed by atoms with van der Waals surface area (Å²) in [6.07, 6.45) is 1.81. The maximum absolute atomic E-state index is 6.06. The summed E-state index contributed by atoms with van der Waals surface area (Å²) >= 11 is 6.06. The normalized spacial score (nSPS) is 11.4. The van der Waals surface area contributed by atoms with Gasteiger partial charge in [0.05, 0.1) is 12.2 Å². The van der Waals surface area contributed by atoms with Crippen LogP contribution in [0.5, 0.6) is 0 Å². The van der Waals surface area contributed by atoms with Crippen molar-refractivity contribution in [3.63, 3.8) is 0 Å². The van der Waals surface area contributed by atoms with Gasteiger partial charge in [-0.3, -0.25) is 4.98 Å². The molecule has 1 aromatic heterocycles. The number of aryl methyl sites for hydroxylation is 1. The number of nitrogens with one attached hydrogen (secondary N) is 1. The SMILES string of the molecule is CCNC(=NCc1ncccc1C)N(C)Cc1cccc(Cl)c1. The van der Waals surface area contributed by atoms with Crippen molar-refractivity contribution in [2.75, 3.05) is 13.6 Å². The van der Waals surface area contributed by atoms with Crippen LogP contribution >= 0.6 is 11.6 Å². The van der Waals surface area contributed by atoms with Gasteiger partial charge in [-0.05, 0) is 43.2 Å². The monoisotopic (exact) mass is 330 g/mol. The molecule has 0 saturated heterocycles. The number of hydrogen-bond acceptors (Lipinski definition) is 2. The number of aromatic nitrogens is 1. The molecule has 122 valence electrons. The van der Waals surface area contributed by atoms with Crippen molar-refractivity contribution < 1.29 is 0 Å². The molecule has 2 rings (SSSR count). The molecule has 0 fully saturated rings. The van der Waals surface area contributed by atoms with Gasteiger partial charge in [-0.2, -0.15) is 0 Å². The summed E-state index contributed by atoms with van der Waals surface area (Å²) in [6, 6.07) is 11.9. The van der Waals surface area contributed by atoms with Crippen LogP contribution in [-0.2, 0) is 13.1 Å². The van der Waals surface area contributed by atoms with Crippen molar-refractivity contribution >= 4 is 17.6 Å². The van der Waals surface area contributed by atoms with E-state index in [0.29, 0.717) is 6.54 Å². The Hall–Kier alpha value is -2.07. The lowest BCUT2D eigenvalue weighted by Gasteiger charge is -2.22. The van der Waals surface area contributed by atoms with E-state index in [9.17, 15) is 0 Å². The Bertz CT molecular complexity index is 670. The van der Waals surface area contributed by atoms with Gasteiger partial charge in [0.1, 0.15) is 0 Å². The van der Waals surface area contributed by atoms with Crippen molar-refractivity contribution in [1.82, 2.24) is 15.2 Å². The minimum atomic E-state index is 0.564. The van der Waals surface area contributed by atoms with E-state index in [1.54, 1.807) is 6.20 Å². The maximum Gasteiger partial charge on any atom is 0.194 e. The summed E-state index contributed by atoms with van der Waals surface area (Å²) in [5, 5.41) is 4.07. The van der Waals surface area contributed by atoms with Crippen molar-refractivity contribution in [3.8, 4) is 0 Å². The predicted octanol–water partition coefficient (Wildman–Crippen LogP) is 3.64. The molecule has 0 bridgehead atoms. The Morgan fingerprint density at radius 3 is 2.83 bits per heavy atom. The fourth-order valence-electron chi connectivity index (χ4n) is 2.29. The molecule has 0 aliphatic heterocycles. The van der Waals surface area contributed by atoms with Crippen molar-refractivity contribution in [1.29, 1.82) is 0 Å². The zero-order valence-corrected chi connectivity index (χ0v) is 14.6. The van der Waals surface area contributed by atoms with E-state index in [4.69, 9.17) is 16.6 Å². The molecule has 23 heavy (non-hydrogen) atoms. The molecule has 1 aromatic carbocycles. The summed E-state index contributed by atoms with van der Waals surface area (Å²) in [5.41, 5.74) is 3.31. The minimum absolute atomic E-state index is 0.564. The second kappa shape index (κ2) is 8.53. The highest BCUT2D eigenvalue weighted by molar-refractivity contribution is 6.30. The van der Waals surface area contributed by atoms with Crippen LogP contribution in [0.2, 0.25) is 5.02 Å². The van der Waals surface area contributed by atoms with Crippen molar-refractivity contribution in [3.05, 3.63) is 64.4 Å². The van der Waals surface area contributed by atoms with Gasteiger partial charge in [0.25, 0.3) is 0 Å². The number of pyridine rings is 1. The molecule has 0 radical (unpaired) electrons. The van der Waals surface area contributed by atoms with Crippen molar-refractivity contribution in [2.24, 2.45) is 4.99 Å². The first-order valence-electron chi connectivity index (χ1n) is 7.74. The van der Waals surface area contributed by atoms with E-state index in [2.05, 4.69) is 41.2 Å². The largest absolute Gasteiger partial charge is 0.357 e. The van der Waals surface area contributed by atoms with Gasteiger partial charge in [0.2, 0.25) is 0 Å². The first-order chi connectivity index (χ1) is 11.1. The Kier molecular flexibility index (Phi) is 6.41. The lowest BCUT2D eigenvalue weighted by Crippen LogP contribution is -2.38. The van der Waals surface area contributed by atoms with Gasteiger partial charge in [0.15, 0.2) is 5.96 Å². The first-order valence-corrected chi connectivity index (χ1v) is 8.12. The van der Waals surface area contributed by atoms with Gasteiger partial charge in [0, 0.05) is 31.4 Å². The number of benzene rings is 1. The Balaban J connectivity index is 2.10. The molecular formula is C18H23ClN4. The molecule has 0 aliphatic rings. The lowest BCUT2D eigenvalue weighted by atomic mass is 10.2. The number of nitrogens with zero attached hydrogens (tertiary/aromatic N) is 3. The zero-order chi connectivity index (χ0) is 16.7. The second-order valence-corrected chi connectivity index (χ2v) is 5.86. The van der Waals surface area contributed by atoms with Gasteiger partial charge in [-0.1, -0.05) is 29.8 Å². The molecule has 1 heterocycles. The van der Waals surface area contributed by atoms with Crippen LogP contribution in [-0.4, -0.2) is 29.4 Å². The van der Waals surface area contributed by atoms with Crippen LogP contribution in [0.15, 0.2) is 47.6 Å². The van der Waals surface area contributed by atoms with Gasteiger partial charge in [-0.15, -0.1) is 0 Å². The molecule has 0 unspecified atom stereocenters. The number of hydrogen-bond donors (Lipinski definition) is 1. The topological polar surface area (TPSA) is 40.5 Å². The van der Waals surface area contributed by atoms with E-state index in [1.165, 1.54) is 0 Å². The van der Waals surface area contributed by atoms with Crippen LogP contribution in [0.1, 0.15) is 23.7 Å². The maximum atomic E-state index is 6.06. The summed E-state index contributed by atoms with van der Waals surface area (Å²) in [7, 11) is 2.02. The smallest absolute Gasteiger partial charge is 0.194 e. The molecule has 0 aliphatic carbocycles. The van der Waals surface area contributed by atoms with Crippen LogP contribution in [0, 0.1) is 6.92 Å². The van der Waals surface area contributed by atoms with Crippen LogP contribution in [0.4, 0.5) is 0 Å². The molecule has 0 spiro atoms. The molecule has 0 amide bonds. The third-order valence-corrected chi connectivity index (χ3v) is 3.74. The number of guanidine groups is 1. The zero-order valence-electron chi connectivity index (χ0n) is 13.9. The average Bonchev–Trinajstić information content (AvgIpc) is 2.52. The van der Waals surface area contributed by atoms with Crippen LogP contribution in [0.3, 0.4) is 0 Å². The van der Waals surface area contributed by atoms with E-state index in [-0.39, 0.29) is 0 Å². The van der Waals surface area contributed by atoms with Crippen LogP contribution < -0.4 is 5.32 Å². The molecule has 0 saturated carbocycles. The Labute approximate surface area is 143 Å². The third kappa shape index (κ3) is 5.25. The Morgan fingerprint density at radius 1 is 1.30 bits per heavy atom. The highest BCUT2D eigenvalue weighted by Gasteiger charge is 2.07. The minimum Gasteiger partial charge on any atom is -0.357 e. The van der Waals surface area contributed by atoms with Crippen molar-refractivity contribution in [2.45, 2.75) is 26.9 Å². The van der Waals surface area contributed by atoms with E-state index >= 15 is 0 Å². The van der Waals surface area contributed by atoms with E-state index in [0.717, 1.165) is 40.9 Å². The van der Waals surface area contributed by atoms with Gasteiger partial charge in [-0.25, -0.2) is 4.99 Å². The van der Waals surface area contributed by atoms with Gasteiger partial charge < -0.3 is 10.2 Å². The number of aliphatic imine (C=N–C) groups is 1. The predicted molar refractivity (Wildman–Crippen MR) is 96.7 cm³/mol. The quantitative estimate of drug-likeness (QED) is 0.672. The first kappa shape index (κ1) is 17.3. The number of halogens is 1. The molecular weight excluding hydrogens is 308 g/mol. The Morgan fingerprint density at radius 2 is 2.13 bits per heavy atom. The molecule has 0 atom stereocenters. The summed E-state index contributed by atoms with van der Waals surface area (Å²) < 4.78 is 0. The van der Waals surface area contributed by atoms with E-state index in [1.807, 2.05) is 31.3 Å². The summed E-state index contributed by atoms with van der Waals surface area (Å²) in [6.45, 7) is 6.25. The summed E-state index contributed by atoms with van der Waals surface area (Å²) in [4.78, 5) is 11.2.